The molecule has 0 saturated carbocycles. The van der Waals surface area contributed by atoms with Gasteiger partial charge in [-0.2, -0.15) is 5.26 Å². The van der Waals surface area contributed by atoms with Crippen molar-refractivity contribution in [2.24, 2.45) is 0 Å². The number of amides is 1. The summed E-state index contributed by atoms with van der Waals surface area (Å²) in [7, 11) is 0. The second-order valence-electron chi connectivity index (χ2n) is 5.73. The summed E-state index contributed by atoms with van der Waals surface area (Å²) in [5.41, 5.74) is 1.35. The number of rotatable bonds is 4. The van der Waals surface area contributed by atoms with Crippen molar-refractivity contribution in [1.29, 1.82) is 5.26 Å². The van der Waals surface area contributed by atoms with E-state index in [9.17, 15) is 9.90 Å². The lowest BCUT2D eigenvalue weighted by Gasteiger charge is -2.33. The normalized spacial score (nSPS) is 15.0. The van der Waals surface area contributed by atoms with Crippen LogP contribution in [0.25, 0.3) is 0 Å². The molecule has 1 aromatic carbocycles. The molecule has 0 bridgehead atoms. The molecule has 0 aliphatic carbocycles. The lowest BCUT2D eigenvalue weighted by Crippen LogP contribution is -3.15. The van der Waals surface area contributed by atoms with Crippen LogP contribution in [-0.2, 0) is 4.79 Å². The second kappa shape index (κ2) is 7.34. The Morgan fingerprint density at radius 3 is 2.79 bits per heavy atom. The third-order valence-electron chi connectivity index (χ3n) is 4.14. The first kappa shape index (κ1) is 16.3. The molecule has 0 spiro atoms. The van der Waals surface area contributed by atoms with Gasteiger partial charge in [0.1, 0.15) is 16.8 Å². The molecule has 1 amide bonds. The summed E-state index contributed by atoms with van der Waals surface area (Å²) in [5, 5.41) is 24.1. The molecule has 2 aromatic rings. The number of phenols is 1. The highest BCUT2D eigenvalue weighted by Gasteiger charge is 2.24. The van der Waals surface area contributed by atoms with Crippen LogP contribution in [0.5, 0.6) is 5.75 Å². The summed E-state index contributed by atoms with van der Waals surface area (Å²) in [5.74, 6) is 0.223. The van der Waals surface area contributed by atoms with Crippen LogP contribution in [-0.4, -0.2) is 43.7 Å². The number of carbonyl (C=O) groups excluding carboxylic acids is 1. The Morgan fingerprint density at radius 1 is 1.33 bits per heavy atom. The van der Waals surface area contributed by atoms with Gasteiger partial charge in [0, 0.05) is 0 Å². The Kier molecular flexibility index (Phi) is 4.99. The van der Waals surface area contributed by atoms with Gasteiger partial charge in [-0.3, -0.25) is 4.79 Å². The molecule has 1 fully saturated rings. The number of hydrogen-bond acceptors (Lipinski definition) is 5. The predicted molar refractivity (Wildman–Crippen MR) is 93.5 cm³/mol. The number of para-hydroxylation sites is 2. The van der Waals surface area contributed by atoms with E-state index >= 15 is 0 Å². The fourth-order valence-electron chi connectivity index (χ4n) is 2.86. The Morgan fingerprint density at radius 2 is 2.08 bits per heavy atom. The van der Waals surface area contributed by atoms with Gasteiger partial charge in [0.05, 0.1) is 37.4 Å². The highest BCUT2D eigenvalue weighted by Crippen LogP contribution is 2.26. The third-order valence-corrected chi connectivity index (χ3v) is 4.97. The maximum Gasteiger partial charge on any atom is 0.280 e. The highest BCUT2D eigenvalue weighted by atomic mass is 32.1. The van der Waals surface area contributed by atoms with Crippen LogP contribution in [0.15, 0.2) is 35.7 Å². The summed E-state index contributed by atoms with van der Waals surface area (Å²) in [6.07, 6.45) is 0. The number of hydrogen-bond donors (Lipinski definition) is 3. The minimum atomic E-state index is -0.0695. The molecule has 1 aliphatic rings. The van der Waals surface area contributed by atoms with Crippen molar-refractivity contribution in [3.63, 3.8) is 0 Å². The quantitative estimate of drug-likeness (QED) is 0.762. The Hall–Kier alpha value is -2.56. The lowest BCUT2D eigenvalue weighted by atomic mass is 10.2. The molecule has 24 heavy (non-hydrogen) atoms. The minimum Gasteiger partial charge on any atom is -0.506 e. The van der Waals surface area contributed by atoms with Crippen LogP contribution in [0.4, 0.5) is 10.7 Å². The van der Waals surface area contributed by atoms with Gasteiger partial charge in [0.25, 0.3) is 5.91 Å². The van der Waals surface area contributed by atoms with E-state index in [2.05, 4.69) is 16.3 Å². The number of carbonyl (C=O) groups is 1. The number of piperazine rings is 1. The number of quaternary nitrogens is 1. The Labute approximate surface area is 144 Å². The lowest BCUT2D eigenvalue weighted by molar-refractivity contribution is -0.892. The summed E-state index contributed by atoms with van der Waals surface area (Å²) in [6, 6.07) is 11.1. The number of phenolic OH excluding ortho intramolecular Hbond substituents is 1. The van der Waals surface area contributed by atoms with Gasteiger partial charge in [0.2, 0.25) is 0 Å². The molecule has 3 rings (SSSR count). The molecule has 3 N–H and O–H groups in total. The van der Waals surface area contributed by atoms with E-state index in [1.165, 1.54) is 16.2 Å². The zero-order valence-corrected chi connectivity index (χ0v) is 14.0. The van der Waals surface area contributed by atoms with Crippen LogP contribution in [0, 0.1) is 11.3 Å². The average molecular weight is 343 g/mol. The number of nitrogens with zero attached hydrogens (tertiary/aromatic N) is 2. The molecule has 0 radical (unpaired) electrons. The van der Waals surface area contributed by atoms with E-state index < -0.39 is 0 Å². The van der Waals surface area contributed by atoms with E-state index in [4.69, 9.17) is 5.26 Å². The first-order valence-electron chi connectivity index (χ1n) is 7.81. The van der Waals surface area contributed by atoms with Gasteiger partial charge in [0.15, 0.2) is 6.54 Å². The van der Waals surface area contributed by atoms with Crippen molar-refractivity contribution in [3.8, 4) is 11.8 Å². The van der Waals surface area contributed by atoms with Crippen LogP contribution >= 0.6 is 11.3 Å². The molecule has 1 aromatic heterocycles. The maximum absolute atomic E-state index is 12.2. The van der Waals surface area contributed by atoms with Gasteiger partial charge >= 0.3 is 0 Å². The molecular weight excluding hydrogens is 324 g/mol. The number of nitrogens with one attached hydrogen (secondary N) is 2. The molecule has 124 valence electrons. The number of nitriles is 1. The molecule has 2 heterocycles. The maximum atomic E-state index is 12.2. The van der Waals surface area contributed by atoms with Gasteiger partial charge < -0.3 is 20.2 Å². The van der Waals surface area contributed by atoms with Gasteiger partial charge in [-0.1, -0.05) is 12.1 Å². The van der Waals surface area contributed by atoms with E-state index in [0.717, 1.165) is 31.9 Å². The first-order chi connectivity index (χ1) is 11.7. The van der Waals surface area contributed by atoms with Gasteiger partial charge in [-0.05, 0) is 23.6 Å². The summed E-state index contributed by atoms with van der Waals surface area (Å²) >= 11 is 1.36. The predicted octanol–water partition coefficient (Wildman–Crippen LogP) is 0.669. The first-order valence-corrected chi connectivity index (χ1v) is 8.69. The summed E-state index contributed by atoms with van der Waals surface area (Å²) in [4.78, 5) is 15.5. The summed E-state index contributed by atoms with van der Waals surface area (Å²) < 4.78 is 0. The minimum absolute atomic E-state index is 0.0695. The fourth-order valence-corrected chi connectivity index (χ4v) is 3.62. The molecule has 0 atom stereocenters. The molecule has 7 heteroatoms. The zero-order chi connectivity index (χ0) is 16.9. The van der Waals surface area contributed by atoms with Crippen LogP contribution in [0.2, 0.25) is 0 Å². The van der Waals surface area contributed by atoms with Crippen LogP contribution in [0.1, 0.15) is 5.56 Å². The topological polar surface area (TPSA) is 80.8 Å². The van der Waals surface area contributed by atoms with E-state index in [1.54, 1.807) is 17.5 Å². The van der Waals surface area contributed by atoms with E-state index in [1.807, 2.05) is 18.2 Å². The van der Waals surface area contributed by atoms with Crippen molar-refractivity contribution >= 4 is 27.9 Å². The SMILES string of the molecule is N#Cc1ccsc1NC(=O)C[NH+]1CCN(c2ccccc2O)CC1. The largest absolute Gasteiger partial charge is 0.506 e. The molecule has 1 aliphatic heterocycles. The average Bonchev–Trinajstić information content (AvgIpc) is 3.03. The van der Waals surface area contributed by atoms with Crippen LogP contribution in [0.3, 0.4) is 0 Å². The number of anilines is 2. The molecule has 6 nitrogen and oxygen atoms in total. The van der Waals surface area contributed by atoms with Gasteiger partial charge in [-0.15, -0.1) is 11.3 Å². The van der Waals surface area contributed by atoms with Crippen molar-refractivity contribution in [3.05, 3.63) is 41.3 Å². The number of benzene rings is 1. The fraction of sp³-hybridized carbons (Fsp3) is 0.294. The summed E-state index contributed by atoms with van der Waals surface area (Å²) in [6.45, 7) is 3.64. The monoisotopic (exact) mass is 343 g/mol. The van der Waals surface area contributed by atoms with E-state index in [0.29, 0.717) is 22.9 Å². The van der Waals surface area contributed by atoms with Crippen molar-refractivity contribution in [1.82, 2.24) is 0 Å². The third kappa shape index (κ3) is 3.67. The molecular formula is C17H19N4O2S+. The smallest absolute Gasteiger partial charge is 0.280 e. The number of aromatic hydroxyl groups is 1. The Balaban J connectivity index is 1.51. The van der Waals surface area contributed by atoms with Crippen molar-refractivity contribution < 1.29 is 14.8 Å². The molecule has 0 unspecified atom stereocenters. The van der Waals surface area contributed by atoms with Gasteiger partial charge in [-0.25, -0.2) is 0 Å². The van der Waals surface area contributed by atoms with Crippen molar-refractivity contribution in [2.75, 3.05) is 42.9 Å². The zero-order valence-electron chi connectivity index (χ0n) is 13.2. The highest BCUT2D eigenvalue weighted by molar-refractivity contribution is 7.14. The molecule has 1 saturated heterocycles. The van der Waals surface area contributed by atoms with Crippen molar-refractivity contribution in [2.45, 2.75) is 0 Å². The standard InChI is InChI=1S/C17H18N4O2S/c18-11-13-5-10-24-17(13)19-16(23)12-20-6-8-21(9-7-20)14-3-1-2-4-15(14)22/h1-5,10,22H,6-9,12H2,(H,19,23)/p+1. The Bertz CT molecular complexity index is 760. The van der Waals surface area contributed by atoms with Crippen LogP contribution < -0.4 is 15.1 Å². The second-order valence-corrected chi connectivity index (χ2v) is 6.64. The van der Waals surface area contributed by atoms with E-state index in [-0.39, 0.29) is 5.91 Å². The number of thiophene rings is 1.